The fourth-order valence-corrected chi connectivity index (χ4v) is 5.95. The van der Waals surface area contributed by atoms with Crippen LogP contribution in [0.1, 0.15) is 40.2 Å². The Kier molecular flexibility index (Phi) is 8.83. The first kappa shape index (κ1) is 32.0. The number of carbonyl (C=O) groups excluding carboxylic acids is 3. The third kappa shape index (κ3) is 6.49. The van der Waals surface area contributed by atoms with E-state index in [2.05, 4.69) is 16.0 Å². The van der Waals surface area contributed by atoms with Crippen molar-refractivity contribution in [1.82, 2.24) is 0 Å². The molecule has 0 radical (unpaired) electrons. The van der Waals surface area contributed by atoms with E-state index in [1.807, 2.05) is 0 Å². The van der Waals surface area contributed by atoms with Gasteiger partial charge in [0.1, 0.15) is 21.9 Å². The van der Waals surface area contributed by atoms with Crippen LogP contribution in [0.5, 0.6) is 0 Å². The predicted molar refractivity (Wildman–Crippen MR) is 154 cm³/mol. The van der Waals surface area contributed by atoms with Gasteiger partial charge in [-0.25, -0.2) is 8.78 Å². The van der Waals surface area contributed by atoms with Crippen LogP contribution in [0.3, 0.4) is 0 Å². The predicted octanol–water partition coefficient (Wildman–Crippen LogP) is 7.53. The van der Waals surface area contributed by atoms with E-state index in [4.69, 9.17) is 39.5 Å². The summed E-state index contributed by atoms with van der Waals surface area (Å²) in [4.78, 5) is 38.4. The second-order valence-corrected chi connectivity index (χ2v) is 12.0. The molecule has 3 aromatic rings. The lowest BCUT2D eigenvalue weighted by molar-refractivity contribution is -0.137. The summed E-state index contributed by atoms with van der Waals surface area (Å²) in [6, 6.07) is 9.90. The Morgan fingerprint density at radius 3 is 2.36 bits per heavy atom. The van der Waals surface area contributed by atoms with Crippen molar-refractivity contribution in [2.24, 2.45) is 5.92 Å². The summed E-state index contributed by atoms with van der Waals surface area (Å²) >= 11 is 18.7. The van der Waals surface area contributed by atoms with Crippen molar-refractivity contribution in [1.29, 1.82) is 0 Å². The molecule has 7 nitrogen and oxygen atoms in total. The van der Waals surface area contributed by atoms with Gasteiger partial charge in [0, 0.05) is 18.2 Å². The van der Waals surface area contributed by atoms with Crippen molar-refractivity contribution in [3.63, 3.8) is 0 Å². The van der Waals surface area contributed by atoms with Crippen LogP contribution in [0.4, 0.5) is 39.0 Å². The number of hydrogen-bond acceptors (Lipinski definition) is 4. The Bertz CT molecular complexity index is 1650. The van der Waals surface area contributed by atoms with Gasteiger partial charge in [-0.3, -0.25) is 14.4 Å². The molecular weight excluding hydrogens is 656 g/mol. The molecule has 44 heavy (non-hydrogen) atoms. The number of amides is 3. The monoisotopic (exact) mass is 675 g/mol. The molecule has 2 aliphatic rings. The number of ether oxygens (including phenoxy) is 1. The van der Waals surface area contributed by atoms with Gasteiger partial charge in [0.25, 0.3) is 11.8 Å². The van der Waals surface area contributed by atoms with Gasteiger partial charge in [0.2, 0.25) is 5.91 Å². The lowest BCUT2D eigenvalue weighted by Crippen LogP contribution is -2.28. The second-order valence-electron chi connectivity index (χ2n) is 10.2. The zero-order chi connectivity index (χ0) is 32.0. The maximum Gasteiger partial charge on any atom is 0.416 e. The molecular formula is C29H21Cl3F5N3O4. The molecule has 1 saturated heterocycles. The number of carbonyl (C=O) groups is 3. The molecule has 3 N–H and O–H groups in total. The Labute approximate surface area is 262 Å². The maximum absolute atomic E-state index is 15.2. The van der Waals surface area contributed by atoms with Gasteiger partial charge in [-0.2, -0.15) is 13.2 Å². The Morgan fingerprint density at radius 2 is 1.68 bits per heavy atom. The van der Waals surface area contributed by atoms with Gasteiger partial charge in [0.15, 0.2) is 5.82 Å². The average molecular weight is 677 g/mol. The highest BCUT2D eigenvalue weighted by molar-refractivity contribution is 6.53. The topological polar surface area (TPSA) is 96.5 Å². The molecule has 1 aliphatic carbocycles. The molecule has 3 unspecified atom stereocenters. The highest BCUT2D eigenvalue weighted by Gasteiger charge is 2.67. The normalized spacial score (nSPS) is 20.6. The summed E-state index contributed by atoms with van der Waals surface area (Å²) < 4.78 is 72.6. The Hall–Kier alpha value is -3.45. The highest BCUT2D eigenvalue weighted by Crippen LogP contribution is 2.65. The fraction of sp³-hybridized carbons (Fsp3) is 0.276. The van der Waals surface area contributed by atoms with Crippen molar-refractivity contribution < 1.29 is 41.1 Å². The van der Waals surface area contributed by atoms with Gasteiger partial charge in [-0.15, -0.1) is 23.2 Å². The van der Waals surface area contributed by atoms with Crippen molar-refractivity contribution in [2.45, 2.75) is 35.4 Å². The number of alkyl halides is 5. The standard InChI is InChI=1S/C29H21Cl3F5N3O4/c30-17-7-6-15(38-27(43)22-21(28(22,31)32)13-3-1-4-14(11-13)29(35,36)37)12-16(17)25(41)39-19-9-8-18(33)24(23(19)34)40-26(42)20-5-2-10-44-20/h1,3-4,6-9,11-12,20-22H,2,5,10H2,(H,38,43)(H,39,41)(H,40,42). The lowest BCUT2D eigenvalue weighted by Gasteiger charge is -2.15. The summed E-state index contributed by atoms with van der Waals surface area (Å²) in [5.74, 6) is -6.81. The largest absolute Gasteiger partial charge is 0.416 e. The van der Waals surface area contributed by atoms with Gasteiger partial charge < -0.3 is 20.7 Å². The number of benzene rings is 3. The minimum Gasteiger partial charge on any atom is -0.368 e. The van der Waals surface area contributed by atoms with E-state index in [-0.39, 0.29) is 21.8 Å². The molecule has 232 valence electrons. The van der Waals surface area contributed by atoms with Gasteiger partial charge in [0.05, 0.1) is 27.8 Å². The molecule has 1 saturated carbocycles. The van der Waals surface area contributed by atoms with Gasteiger partial charge in [-0.1, -0.05) is 29.8 Å². The van der Waals surface area contributed by atoms with Crippen molar-refractivity contribution in [3.05, 3.63) is 87.9 Å². The van der Waals surface area contributed by atoms with Crippen molar-refractivity contribution in [3.8, 4) is 0 Å². The van der Waals surface area contributed by atoms with E-state index in [1.54, 1.807) is 0 Å². The molecule has 1 aliphatic heterocycles. The third-order valence-electron chi connectivity index (χ3n) is 7.20. The lowest BCUT2D eigenvalue weighted by atomic mass is 10.1. The van der Waals surface area contributed by atoms with Crippen LogP contribution < -0.4 is 16.0 Å². The number of nitrogens with one attached hydrogen (secondary N) is 3. The number of anilines is 3. The van der Waals surface area contributed by atoms with E-state index in [9.17, 15) is 31.9 Å². The first-order chi connectivity index (χ1) is 20.7. The SMILES string of the molecule is O=C(Nc1ccc(F)c(NC(=O)C2CCCO2)c1F)c1cc(NC(=O)C2C(c3cccc(C(F)(F)F)c3)C2(Cl)Cl)ccc1Cl. The van der Waals surface area contributed by atoms with E-state index in [0.717, 1.165) is 24.3 Å². The molecule has 5 rings (SSSR count). The summed E-state index contributed by atoms with van der Waals surface area (Å²) in [7, 11) is 0. The highest BCUT2D eigenvalue weighted by atomic mass is 35.5. The molecule has 0 bridgehead atoms. The van der Waals surface area contributed by atoms with E-state index in [1.165, 1.54) is 30.3 Å². The van der Waals surface area contributed by atoms with E-state index >= 15 is 4.39 Å². The van der Waals surface area contributed by atoms with Crippen LogP contribution in [-0.2, 0) is 20.5 Å². The van der Waals surface area contributed by atoms with E-state index in [0.29, 0.717) is 19.4 Å². The van der Waals surface area contributed by atoms with Crippen LogP contribution in [0.25, 0.3) is 0 Å². The molecule has 1 heterocycles. The fourth-order valence-electron chi connectivity index (χ4n) is 4.91. The van der Waals surface area contributed by atoms with Crippen LogP contribution in [0.15, 0.2) is 54.6 Å². The molecule has 15 heteroatoms. The quantitative estimate of drug-likeness (QED) is 0.178. The zero-order valence-corrected chi connectivity index (χ0v) is 24.5. The van der Waals surface area contributed by atoms with Crippen LogP contribution >= 0.6 is 34.8 Å². The molecule has 3 amide bonds. The first-order valence-electron chi connectivity index (χ1n) is 13.1. The molecule has 0 aromatic heterocycles. The first-order valence-corrected chi connectivity index (χ1v) is 14.2. The van der Waals surface area contributed by atoms with Crippen LogP contribution in [0.2, 0.25) is 5.02 Å². The van der Waals surface area contributed by atoms with Crippen molar-refractivity contribution >= 4 is 69.6 Å². The smallest absolute Gasteiger partial charge is 0.368 e. The number of halogens is 8. The Balaban J connectivity index is 1.30. The van der Waals surface area contributed by atoms with E-state index < -0.39 is 74.7 Å². The summed E-state index contributed by atoms with van der Waals surface area (Å²) in [5, 5.41) is 6.83. The molecule has 3 aromatic carbocycles. The van der Waals surface area contributed by atoms with Gasteiger partial charge in [-0.05, 0) is 54.8 Å². The minimum absolute atomic E-state index is 0.0486. The molecule has 0 spiro atoms. The summed E-state index contributed by atoms with van der Waals surface area (Å²) in [5.41, 5.74) is -2.22. The van der Waals surface area contributed by atoms with Crippen molar-refractivity contribution in [2.75, 3.05) is 22.6 Å². The molecule has 2 fully saturated rings. The number of rotatable bonds is 7. The molecule has 3 atom stereocenters. The summed E-state index contributed by atoms with van der Waals surface area (Å²) in [6.45, 7) is 0.342. The van der Waals surface area contributed by atoms with Gasteiger partial charge >= 0.3 is 6.18 Å². The average Bonchev–Trinajstić information content (AvgIpc) is 3.26. The minimum atomic E-state index is -4.61. The maximum atomic E-state index is 15.2. The zero-order valence-electron chi connectivity index (χ0n) is 22.2. The summed E-state index contributed by atoms with van der Waals surface area (Å²) in [6.07, 6.45) is -4.46. The van der Waals surface area contributed by atoms with Crippen LogP contribution in [-0.4, -0.2) is 34.8 Å². The Morgan fingerprint density at radius 1 is 0.932 bits per heavy atom. The third-order valence-corrected chi connectivity index (χ3v) is 8.47. The second kappa shape index (κ2) is 12.2. The van der Waals surface area contributed by atoms with Crippen LogP contribution in [0, 0.1) is 17.6 Å². The number of hydrogen-bond donors (Lipinski definition) is 3.